The highest BCUT2D eigenvalue weighted by Crippen LogP contribution is 2.40. The third-order valence-corrected chi connectivity index (χ3v) is 5.39. The van der Waals surface area contributed by atoms with Gasteiger partial charge in [-0.2, -0.15) is 0 Å². The maximum absolute atomic E-state index is 11.6. The Morgan fingerprint density at radius 3 is 2.28 bits per heavy atom. The minimum absolute atomic E-state index is 0.180. The topological polar surface area (TPSA) is 57.3 Å². The molecule has 0 radical (unpaired) electrons. The van der Waals surface area contributed by atoms with E-state index in [1.165, 1.54) is 0 Å². The Labute approximate surface area is 169 Å². The second kappa shape index (κ2) is 7.80. The first-order valence-electron chi connectivity index (χ1n) is 9.48. The second-order valence-electron chi connectivity index (χ2n) is 7.05. The Hall–Kier alpha value is -3.60. The molecule has 0 aliphatic rings. The smallest absolute Gasteiger partial charge is 0.214 e. The molecule has 1 unspecified atom stereocenters. The van der Waals surface area contributed by atoms with Crippen molar-refractivity contribution >= 4 is 10.9 Å². The zero-order chi connectivity index (χ0) is 20.4. The van der Waals surface area contributed by atoms with Gasteiger partial charge in [0.15, 0.2) is 0 Å². The molecule has 0 saturated heterocycles. The van der Waals surface area contributed by atoms with E-state index in [0.717, 1.165) is 39.0 Å². The van der Waals surface area contributed by atoms with Gasteiger partial charge in [-0.3, -0.25) is 10.1 Å². The summed E-state index contributed by atoms with van der Waals surface area (Å²) in [7, 11) is 3.63. The van der Waals surface area contributed by atoms with Crippen molar-refractivity contribution in [2.45, 2.75) is 5.92 Å². The van der Waals surface area contributed by atoms with Crippen molar-refractivity contribution in [2.24, 2.45) is 7.05 Å². The third kappa shape index (κ3) is 3.47. The molecular formula is C24H22N2O3. The number of rotatable bonds is 6. The summed E-state index contributed by atoms with van der Waals surface area (Å²) in [5, 5.41) is 12.7. The Bertz CT molecular complexity index is 1150. The summed E-state index contributed by atoms with van der Waals surface area (Å²) in [5.41, 5.74) is 4.99. The van der Waals surface area contributed by atoms with Gasteiger partial charge in [-0.25, -0.2) is 0 Å². The Kier molecular flexibility index (Phi) is 5.04. The van der Waals surface area contributed by atoms with E-state index in [1.807, 2.05) is 67.7 Å². The van der Waals surface area contributed by atoms with Crippen LogP contribution in [0, 0.1) is 10.1 Å². The molecule has 0 bridgehead atoms. The fourth-order valence-corrected chi connectivity index (χ4v) is 4.07. The van der Waals surface area contributed by atoms with Gasteiger partial charge in [0.2, 0.25) is 6.54 Å². The van der Waals surface area contributed by atoms with Crippen LogP contribution in [0.25, 0.3) is 22.2 Å². The van der Waals surface area contributed by atoms with E-state index in [1.54, 1.807) is 7.11 Å². The van der Waals surface area contributed by atoms with Crippen molar-refractivity contribution in [1.29, 1.82) is 0 Å². The Morgan fingerprint density at radius 2 is 1.62 bits per heavy atom. The van der Waals surface area contributed by atoms with Crippen molar-refractivity contribution in [2.75, 3.05) is 13.7 Å². The van der Waals surface area contributed by atoms with Crippen LogP contribution in [0.3, 0.4) is 0 Å². The number of nitro groups is 1. The van der Waals surface area contributed by atoms with Crippen LogP contribution in [-0.2, 0) is 7.05 Å². The van der Waals surface area contributed by atoms with Crippen molar-refractivity contribution in [3.05, 3.63) is 100 Å². The van der Waals surface area contributed by atoms with Crippen molar-refractivity contribution in [3.63, 3.8) is 0 Å². The Balaban J connectivity index is 2.01. The van der Waals surface area contributed by atoms with Crippen LogP contribution in [0.1, 0.15) is 17.0 Å². The average molecular weight is 386 g/mol. The number of benzene rings is 3. The van der Waals surface area contributed by atoms with Gasteiger partial charge in [0.1, 0.15) is 5.75 Å². The second-order valence-corrected chi connectivity index (χ2v) is 7.05. The fourth-order valence-electron chi connectivity index (χ4n) is 4.07. The summed E-state index contributed by atoms with van der Waals surface area (Å²) in [6.45, 7) is -0.180. The zero-order valence-corrected chi connectivity index (χ0v) is 16.4. The summed E-state index contributed by atoms with van der Waals surface area (Å²) in [4.78, 5) is 11.4. The molecule has 0 aliphatic heterocycles. The molecule has 5 heteroatoms. The van der Waals surface area contributed by atoms with Crippen LogP contribution in [0.15, 0.2) is 78.9 Å². The van der Waals surface area contributed by atoms with Crippen LogP contribution >= 0.6 is 0 Å². The first-order valence-corrected chi connectivity index (χ1v) is 9.48. The summed E-state index contributed by atoms with van der Waals surface area (Å²) in [5.74, 6) is 0.354. The summed E-state index contributed by atoms with van der Waals surface area (Å²) >= 11 is 0. The molecule has 0 spiro atoms. The predicted octanol–water partition coefficient (Wildman–Crippen LogP) is 5.26. The molecule has 0 aliphatic carbocycles. The van der Waals surface area contributed by atoms with E-state index >= 15 is 0 Å². The van der Waals surface area contributed by atoms with Crippen molar-refractivity contribution in [3.8, 4) is 17.0 Å². The molecule has 1 heterocycles. The number of aryl methyl sites for hydroxylation is 1. The molecule has 0 amide bonds. The number of nitrogens with zero attached hydrogens (tertiary/aromatic N) is 2. The molecule has 4 rings (SSSR count). The lowest BCUT2D eigenvalue weighted by Crippen LogP contribution is -2.15. The number of ether oxygens (including phenoxy) is 1. The summed E-state index contributed by atoms with van der Waals surface area (Å²) in [6.07, 6.45) is 0. The maximum Gasteiger partial charge on any atom is 0.214 e. The van der Waals surface area contributed by atoms with Crippen LogP contribution < -0.4 is 4.74 Å². The van der Waals surface area contributed by atoms with Crippen molar-refractivity contribution in [1.82, 2.24) is 4.57 Å². The van der Waals surface area contributed by atoms with Gasteiger partial charge in [-0.1, -0.05) is 60.7 Å². The highest BCUT2D eigenvalue weighted by Gasteiger charge is 2.28. The molecule has 0 N–H and O–H groups in total. The van der Waals surface area contributed by atoms with Crippen LogP contribution in [-0.4, -0.2) is 23.1 Å². The third-order valence-electron chi connectivity index (χ3n) is 5.39. The van der Waals surface area contributed by atoms with E-state index in [2.05, 4.69) is 22.8 Å². The van der Waals surface area contributed by atoms with E-state index < -0.39 is 0 Å². The Morgan fingerprint density at radius 1 is 0.966 bits per heavy atom. The van der Waals surface area contributed by atoms with Crippen molar-refractivity contribution < 1.29 is 9.66 Å². The van der Waals surface area contributed by atoms with Gasteiger partial charge >= 0.3 is 0 Å². The summed E-state index contributed by atoms with van der Waals surface area (Å²) in [6, 6.07) is 25.7. The average Bonchev–Trinajstić information content (AvgIpc) is 3.05. The minimum Gasteiger partial charge on any atom is -0.497 e. The first-order chi connectivity index (χ1) is 14.1. The van der Waals surface area contributed by atoms with Gasteiger partial charge in [-0.15, -0.1) is 0 Å². The molecule has 4 aromatic rings. The number of aromatic nitrogens is 1. The normalized spacial score (nSPS) is 12.1. The largest absolute Gasteiger partial charge is 0.497 e. The van der Waals surface area contributed by atoms with Crippen LogP contribution in [0.5, 0.6) is 5.75 Å². The van der Waals surface area contributed by atoms with Gasteiger partial charge in [0.25, 0.3) is 0 Å². The number of hydrogen-bond donors (Lipinski definition) is 0. The fraction of sp³-hybridized carbons (Fsp3) is 0.167. The standard InChI is InChI=1S/C24H22N2O3/c1-25-22-11-7-6-10-20(22)23(24(25)18-8-4-3-5-9-18)21(16-26(27)28)17-12-14-19(29-2)15-13-17/h3-15,21H,16H2,1-2H3. The first kappa shape index (κ1) is 18.7. The SMILES string of the molecule is COc1ccc(C(C[N+](=O)[O-])c2c(-c3ccccc3)n(C)c3ccccc23)cc1. The lowest BCUT2D eigenvalue weighted by Gasteiger charge is -2.17. The molecule has 3 aromatic carbocycles. The van der Waals surface area contributed by atoms with Gasteiger partial charge in [-0.05, 0) is 34.9 Å². The van der Waals surface area contributed by atoms with E-state index in [4.69, 9.17) is 4.74 Å². The number of methoxy groups -OCH3 is 1. The number of para-hydroxylation sites is 1. The maximum atomic E-state index is 11.6. The monoisotopic (exact) mass is 386 g/mol. The van der Waals surface area contributed by atoms with E-state index in [0.29, 0.717) is 0 Å². The lowest BCUT2D eigenvalue weighted by atomic mass is 9.87. The van der Waals surface area contributed by atoms with E-state index in [-0.39, 0.29) is 17.4 Å². The van der Waals surface area contributed by atoms with Gasteiger partial charge < -0.3 is 9.30 Å². The van der Waals surface area contributed by atoms with Gasteiger partial charge in [0.05, 0.1) is 18.7 Å². The highest BCUT2D eigenvalue weighted by atomic mass is 16.6. The quantitative estimate of drug-likeness (QED) is 0.335. The van der Waals surface area contributed by atoms with E-state index in [9.17, 15) is 10.1 Å². The molecule has 29 heavy (non-hydrogen) atoms. The molecule has 1 aromatic heterocycles. The molecule has 0 fully saturated rings. The van der Waals surface area contributed by atoms with Crippen LogP contribution in [0.4, 0.5) is 0 Å². The molecule has 146 valence electrons. The van der Waals surface area contributed by atoms with Crippen LogP contribution in [0.2, 0.25) is 0 Å². The zero-order valence-electron chi connectivity index (χ0n) is 16.4. The molecule has 0 saturated carbocycles. The highest BCUT2D eigenvalue weighted by molar-refractivity contribution is 5.93. The summed E-state index contributed by atoms with van der Waals surface area (Å²) < 4.78 is 7.40. The molecular weight excluding hydrogens is 364 g/mol. The molecule has 5 nitrogen and oxygen atoms in total. The number of hydrogen-bond acceptors (Lipinski definition) is 3. The predicted molar refractivity (Wildman–Crippen MR) is 115 cm³/mol. The van der Waals surface area contributed by atoms with Gasteiger partial charge in [0, 0.05) is 22.9 Å². The lowest BCUT2D eigenvalue weighted by molar-refractivity contribution is -0.481. The number of fused-ring (bicyclic) bond motifs is 1. The molecule has 1 atom stereocenters. The minimum atomic E-state index is -0.378.